The summed E-state index contributed by atoms with van der Waals surface area (Å²) in [5.74, 6) is -1.18. The molecule has 0 aromatic heterocycles. The van der Waals surface area contributed by atoms with Crippen LogP contribution < -0.4 is 0 Å². The molecular formula is C12H25O10P. The van der Waals surface area contributed by atoms with Crippen LogP contribution >= 0.6 is 7.82 Å². The molecule has 0 spiro atoms. The Morgan fingerprint density at radius 3 is 1.96 bits per heavy atom. The Labute approximate surface area is 134 Å². The fourth-order valence-electron chi connectivity index (χ4n) is 1.42. The number of aliphatic hydroxyl groups is 4. The second kappa shape index (κ2) is 9.65. The van der Waals surface area contributed by atoms with E-state index >= 15 is 0 Å². The lowest BCUT2D eigenvalue weighted by atomic mass is 10.0. The first-order valence-electron chi connectivity index (χ1n) is 6.96. The van der Waals surface area contributed by atoms with Gasteiger partial charge in [0, 0.05) is 0 Å². The molecule has 10 nitrogen and oxygen atoms in total. The highest BCUT2D eigenvalue weighted by molar-refractivity contribution is 7.47. The quantitative estimate of drug-likeness (QED) is 0.239. The van der Waals surface area contributed by atoms with Crippen molar-refractivity contribution in [1.29, 1.82) is 0 Å². The second-order valence-electron chi connectivity index (χ2n) is 5.40. The Morgan fingerprint density at radius 1 is 1.00 bits per heavy atom. The van der Waals surface area contributed by atoms with Crippen molar-refractivity contribution in [3.05, 3.63) is 0 Å². The van der Waals surface area contributed by atoms with Crippen LogP contribution in [0.5, 0.6) is 0 Å². The number of hydrogen-bond acceptors (Lipinski definition) is 9. The molecule has 0 rings (SSSR count). The molecule has 0 amide bonds. The zero-order valence-electron chi connectivity index (χ0n) is 13.4. The number of aliphatic hydroxyl groups excluding tert-OH is 4. The zero-order valence-corrected chi connectivity index (χ0v) is 14.3. The summed E-state index contributed by atoms with van der Waals surface area (Å²) >= 11 is 0. The number of phosphoric acid groups is 1. The molecule has 0 fully saturated rings. The van der Waals surface area contributed by atoms with E-state index in [1.165, 1.54) is 27.7 Å². The van der Waals surface area contributed by atoms with E-state index in [2.05, 4.69) is 13.8 Å². The van der Waals surface area contributed by atoms with Crippen LogP contribution in [0.25, 0.3) is 0 Å². The van der Waals surface area contributed by atoms with Gasteiger partial charge in [0.1, 0.15) is 18.3 Å². The van der Waals surface area contributed by atoms with Gasteiger partial charge in [-0.25, -0.2) is 9.36 Å². The maximum absolute atomic E-state index is 11.4. The lowest BCUT2D eigenvalue weighted by molar-refractivity contribution is -0.173. The highest BCUT2D eigenvalue weighted by Gasteiger charge is 2.37. The molecule has 0 aliphatic carbocycles. The molecule has 138 valence electrons. The van der Waals surface area contributed by atoms with E-state index in [0.29, 0.717) is 0 Å². The molecule has 5 N–H and O–H groups in total. The van der Waals surface area contributed by atoms with E-state index in [-0.39, 0.29) is 0 Å². The summed E-state index contributed by atoms with van der Waals surface area (Å²) in [6, 6.07) is 0. The van der Waals surface area contributed by atoms with Gasteiger partial charge < -0.3 is 30.1 Å². The van der Waals surface area contributed by atoms with E-state index in [1.54, 1.807) is 0 Å². The van der Waals surface area contributed by atoms with Crippen LogP contribution in [0.3, 0.4) is 0 Å². The summed E-state index contributed by atoms with van der Waals surface area (Å²) in [5, 5.41) is 38.4. The van der Waals surface area contributed by atoms with Gasteiger partial charge in [-0.05, 0) is 27.7 Å². The van der Waals surface area contributed by atoms with Gasteiger partial charge in [-0.3, -0.25) is 9.05 Å². The molecule has 0 saturated carbocycles. The van der Waals surface area contributed by atoms with Crippen molar-refractivity contribution in [2.24, 2.45) is 0 Å². The molecule has 5 atom stereocenters. The summed E-state index contributed by atoms with van der Waals surface area (Å²) in [6.07, 6.45) is -9.24. The first-order chi connectivity index (χ1) is 10.4. The Kier molecular flexibility index (Phi) is 9.41. The van der Waals surface area contributed by atoms with Gasteiger partial charge in [-0.2, -0.15) is 0 Å². The minimum absolute atomic E-state index is 0.553. The van der Waals surface area contributed by atoms with Gasteiger partial charge >= 0.3 is 13.8 Å². The van der Waals surface area contributed by atoms with Crippen LogP contribution in [0.1, 0.15) is 27.7 Å². The van der Waals surface area contributed by atoms with Crippen LogP contribution in [-0.2, 0) is 23.1 Å². The van der Waals surface area contributed by atoms with Crippen molar-refractivity contribution in [3.8, 4) is 0 Å². The SMILES string of the molecule is CC(C)OC(=O)[C@H](O)[C@@H](O)[C@H](O)[C@H](O)COP(=O)(O)OC(C)C. The van der Waals surface area contributed by atoms with Crippen molar-refractivity contribution in [3.63, 3.8) is 0 Å². The third-order valence-corrected chi connectivity index (χ3v) is 3.58. The Bertz CT molecular complexity index is 413. The van der Waals surface area contributed by atoms with Crippen LogP contribution in [0, 0.1) is 0 Å². The summed E-state index contributed by atoms with van der Waals surface area (Å²) < 4.78 is 25.1. The molecule has 0 aliphatic rings. The van der Waals surface area contributed by atoms with Gasteiger partial charge in [0.15, 0.2) is 6.10 Å². The Hall–Kier alpha value is -0.580. The average molecular weight is 360 g/mol. The number of esters is 1. The minimum Gasteiger partial charge on any atom is -0.461 e. The number of hydrogen-bond donors (Lipinski definition) is 5. The van der Waals surface area contributed by atoms with E-state index in [1.807, 2.05) is 0 Å². The average Bonchev–Trinajstić information content (AvgIpc) is 2.40. The van der Waals surface area contributed by atoms with Crippen molar-refractivity contribution in [1.82, 2.24) is 0 Å². The molecule has 0 bridgehead atoms. The van der Waals surface area contributed by atoms with E-state index < -0.39 is 57.0 Å². The molecule has 0 aromatic rings. The normalized spacial score (nSPS) is 20.0. The molecule has 23 heavy (non-hydrogen) atoms. The van der Waals surface area contributed by atoms with Gasteiger partial charge in [-0.1, -0.05) is 0 Å². The molecular weight excluding hydrogens is 335 g/mol. The van der Waals surface area contributed by atoms with Gasteiger partial charge in [0.05, 0.1) is 18.8 Å². The van der Waals surface area contributed by atoms with Crippen molar-refractivity contribution >= 4 is 13.8 Å². The Balaban J connectivity index is 4.55. The van der Waals surface area contributed by atoms with E-state index in [9.17, 15) is 34.7 Å². The summed E-state index contributed by atoms with van der Waals surface area (Å²) in [7, 11) is -4.44. The maximum Gasteiger partial charge on any atom is 0.472 e. The molecule has 0 aliphatic heterocycles. The highest BCUT2D eigenvalue weighted by atomic mass is 31.2. The molecule has 0 aromatic carbocycles. The topological polar surface area (TPSA) is 163 Å². The standard InChI is InChI=1S/C12H25O10P/c1-6(2)21-12(17)11(16)10(15)9(14)8(13)5-20-23(18,19)22-7(3)4/h6-11,13-16H,5H2,1-4H3,(H,18,19)/t8-,9-,10+,11-/m1/s1. The van der Waals surface area contributed by atoms with Crippen molar-refractivity contribution < 1.29 is 48.5 Å². The van der Waals surface area contributed by atoms with Gasteiger partial charge in [-0.15, -0.1) is 0 Å². The number of rotatable bonds is 10. The molecule has 0 heterocycles. The lowest BCUT2D eigenvalue weighted by Gasteiger charge is -2.26. The van der Waals surface area contributed by atoms with Gasteiger partial charge in [0.25, 0.3) is 0 Å². The van der Waals surface area contributed by atoms with Crippen molar-refractivity contribution in [2.75, 3.05) is 6.61 Å². The fraction of sp³-hybridized carbons (Fsp3) is 0.917. The molecule has 0 radical (unpaired) electrons. The predicted molar refractivity (Wildman–Crippen MR) is 77.3 cm³/mol. The monoisotopic (exact) mass is 360 g/mol. The summed E-state index contributed by atoms with van der Waals surface area (Å²) in [4.78, 5) is 20.7. The fourth-order valence-corrected chi connectivity index (χ4v) is 2.36. The van der Waals surface area contributed by atoms with E-state index in [0.717, 1.165) is 0 Å². The first kappa shape index (κ1) is 22.4. The summed E-state index contributed by atoms with van der Waals surface area (Å²) in [5.41, 5.74) is 0. The van der Waals surface area contributed by atoms with E-state index in [4.69, 9.17) is 0 Å². The zero-order chi connectivity index (χ0) is 18.4. The second-order valence-corrected chi connectivity index (χ2v) is 6.80. The number of carbonyl (C=O) groups is 1. The largest absolute Gasteiger partial charge is 0.472 e. The van der Waals surface area contributed by atoms with Gasteiger partial charge in [0.2, 0.25) is 0 Å². The third kappa shape index (κ3) is 8.73. The number of carbonyl (C=O) groups excluding carboxylic acids is 1. The lowest BCUT2D eigenvalue weighted by Crippen LogP contribution is -2.49. The number of phosphoric ester groups is 1. The Morgan fingerprint density at radius 2 is 1.52 bits per heavy atom. The molecule has 1 unspecified atom stereocenters. The van der Waals surface area contributed by atoms with Crippen LogP contribution in [0.2, 0.25) is 0 Å². The maximum atomic E-state index is 11.4. The molecule has 11 heteroatoms. The number of ether oxygens (including phenoxy) is 1. The summed E-state index contributed by atoms with van der Waals surface area (Å²) in [6.45, 7) is 5.13. The smallest absolute Gasteiger partial charge is 0.461 e. The highest BCUT2D eigenvalue weighted by Crippen LogP contribution is 2.44. The van der Waals surface area contributed by atoms with Crippen LogP contribution in [0.4, 0.5) is 0 Å². The minimum atomic E-state index is -4.44. The van der Waals surface area contributed by atoms with Crippen LogP contribution in [0.15, 0.2) is 0 Å². The molecule has 0 saturated heterocycles. The first-order valence-corrected chi connectivity index (χ1v) is 8.45. The third-order valence-electron chi connectivity index (χ3n) is 2.41. The predicted octanol–water partition coefficient (Wildman–Crippen LogP) is -1.08. The van der Waals surface area contributed by atoms with Crippen molar-refractivity contribution in [2.45, 2.75) is 64.3 Å². The van der Waals surface area contributed by atoms with Crippen LogP contribution in [-0.4, -0.2) is 74.5 Å².